The molecule has 0 aromatic rings. The van der Waals surface area contributed by atoms with Gasteiger partial charge in [0.1, 0.15) is 5.60 Å². The number of aliphatic hydroxyl groups is 1. The van der Waals surface area contributed by atoms with Gasteiger partial charge in [0, 0.05) is 19.2 Å². The molecule has 17 heavy (non-hydrogen) atoms. The van der Waals surface area contributed by atoms with Crippen molar-refractivity contribution in [3.8, 4) is 0 Å². The van der Waals surface area contributed by atoms with Crippen LogP contribution in [0.4, 0.5) is 4.79 Å². The van der Waals surface area contributed by atoms with Crippen LogP contribution in [-0.2, 0) is 4.74 Å². The van der Waals surface area contributed by atoms with Gasteiger partial charge in [0.05, 0.1) is 0 Å². The fourth-order valence-corrected chi connectivity index (χ4v) is 2.20. The lowest BCUT2D eigenvalue weighted by Gasteiger charge is -2.31. The van der Waals surface area contributed by atoms with Crippen LogP contribution in [0.1, 0.15) is 52.9 Å². The third-order valence-corrected chi connectivity index (χ3v) is 2.95. The number of hydrogen-bond acceptors (Lipinski definition) is 3. The summed E-state index contributed by atoms with van der Waals surface area (Å²) in [4.78, 5) is 13.9. The van der Waals surface area contributed by atoms with Crippen molar-refractivity contribution in [2.24, 2.45) is 0 Å². The molecule has 1 N–H and O–H groups in total. The van der Waals surface area contributed by atoms with Crippen LogP contribution in [0, 0.1) is 0 Å². The number of carbonyl (C=O) groups excluding carboxylic acids is 1. The fraction of sp³-hybridized carbons (Fsp3) is 0.923. The number of nitrogens with zero attached hydrogens (tertiary/aromatic N) is 1. The summed E-state index contributed by atoms with van der Waals surface area (Å²) in [6.45, 7) is 6.35. The molecule has 0 heterocycles. The van der Waals surface area contributed by atoms with Crippen molar-refractivity contribution in [3.05, 3.63) is 0 Å². The van der Waals surface area contributed by atoms with Gasteiger partial charge >= 0.3 is 6.09 Å². The van der Waals surface area contributed by atoms with E-state index in [9.17, 15) is 4.79 Å². The molecule has 1 aliphatic carbocycles. The second kappa shape index (κ2) is 6.24. The smallest absolute Gasteiger partial charge is 0.410 e. The minimum atomic E-state index is -0.451. The summed E-state index contributed by atoms with van der Waals surface area (Å²) in [6, 6.07) is 0.302. The summed E-state index contributed by atoms with van der Waals surface area (Å²) >= 11 is 0. The Bertz CT molecular complexity index is 242. The first-order valence-electron chi connectivity index (χ1n) is 6.54. The fourth-order valence-electron chi connectivity index (χ4n) is 2.20. The molecule has 0 bridgehead atoms. The molecule has 0 spiro atoms. The molecule has 4 nitrogen and oxygen atoms in total. The summed E-state index contributed by atoms with van der Waals surface area (Å²) in [7, 11) is 0. The Hall–Kier alpha value is -0.770. The maximum atomic E-state index is 12.1. The zero-order valence-corrected chi connectivity index (χ0v) is 11.2. The third kappa shape index (κ3) is 4.94. The van der Waals surface area contributed by atoms with Gasteiger partial charge in [-0.05, 0) is 40.0 Å². The van der Waals surface area contributed by atoms with Crippen molar-refractivity contribution in [2.45, 2.75) is 64.5 Å². The van der Waals surface area contributed by atoms with Crippen molar-refractivity contribution in [1.82, 2.24) is 4.90 Å². The predicted octanol–water partition coefficient (Wildman–Crippen LogP) is 2.55. The number of hydrogen-bond donors (Lipinski definition) is 1. The quantitative estimate of drug-likeness (QED) is 0.825. The molecular weight excluding hydrogens is 218 g/mol. The molecule has 0 radical (unpaired) electrons. The van der Waals surface area contributed by atoms with E-state index in [1.165, 1.54) is 12.8 Å². The summed E-state index contributed by atoms with van der Waals surface area (Å²) in [5.41, 5.74) is -0.451. The predicted molar refractivity (Wildman–Crippen MR) is 66.9 cm³/mol. The van der Waals surface area contributed by atoms with Gasteiger partial charge < -0.3 is 14.7 Å². The lowest BCUT2D eigenvalue weighted by Crippen LogP contribution is -2.43. The van der Waals surface area contributed by atoms with Crippen molar-refractivity contribution in [3.63, 3.8) is 0 Å². The van der Waals surface area contributed by atoms with E-state index in [2.05, 4.69) is 0 Å². The van der Waals surface area contributed by atoms with Crippen LogP contribution in [0.15, 0.2) is 0 Å². The molecule has 1 aliphatic rings. The van der Waals surface area contributed by atoms with Crippen LogP contribution in [-0.4, -0.2) is 40.9 Å². The van der Waals surface area contributed by atoms with Gasteiger partial charge in [-0.15, -0.1) is 0 Å². The van der Waals surface area contributed by atoms with E-state index in [0.29, 0.717) is 19.0 Å². The second-order valence-electron chi connectivity index (χ2n) is 5.69. The first-order valence-corrected chi connectivity index (χ1v) is 6.54. The van der Waals surface area contributed by atoms with E-state index in [4.69, 9.17) is 9.84 Å². The van der Waals surface area contributed by atoms with Gasteiger partial charge in [0.2, 0.25) is 0 Å². The lowest BCUT2D eigenvalue weighted by molar-refractivity contribution is 0.0154. The van der Waals surface area contributed by atoms with Crippen LogP contribution in [0.2, 0.25) is 0 Å². The van der Waals surface area contributed by atoms with Crippen molar-refractivity contribution in [1.29, 1.82) is 0 Å². The Morgan fingerprint density at radius 1 is 1.35 bits per heavy atom. The highest BCUT2D eigenvalue weighted by molar-refractivity contribution is 5.68. The first kappa shape index (κ1) is 14.3. The number of rotatable bonds is 4. The third-order valence-electron chi connectivity index (χ3n) is 2.95. The van der Waals surface area contributed by atoms with E-state index in [1.54, 1.807) is 4.90 Å². The zero-order valence-electron chi connectivity index (χ0n) is 11.2. The van der Waals surface area contributed by atoms with E-state index >= 15 is 0 Å². The van der Waals surface area contributed by atoms with Crippen molar-refractivity contribution in [2.75, 3.05) is 13.2 Å². The molecule has 1 rings (SSSR count). The van der Waals surface area contributed by atoms with E-state index in [1.807, 2.05) is 20.8 Å². The Balaban J connectivity index is 2.57. The highest BCUT2D eigenvalue weighted by Crippen LogP contribution is 2.25. The van der Waals surface area contributed by atoms with Gasteiger partial charge in [0.15, 0.2) is 0 Å². The topological polar surface area (TPSA) is 49.8 Å². The summed E-state index contributed by atoms with van der Waals surface area (Å²) in [5, 5.41) is 8.89. The first-order chi connectivity index (χ1) is 7.94. The van der Waals surface area contributed by atoms with E-state index in [0.717, 1.165) is 12.8 Å². The monoisotopic (exact) mass is 243 g/mol. The minimum Gasteiger partial charge on any atom is -0.444 e. The molecule has 1 fully saturated rings. The van der Waals surface area contributed by atoms with Crippen LogP contribution >= 0.6 is 0 Å². The molecule has 100 valence electrons. The molecule has 0 aromatic carbocycles. The van der Waals surface area contributed by atoms with Gasteiger partial charge in [-0.3, -0.25) is 0 Å². The number of aliphatic hydroxyl groups excluding tert-OH is 1. The van der Waals surface area contributed by atoms with Crippen LogP contribution in [0.25, 0.3) is 0 Å². The summed E-state index contributed by atoms with van der Waals surface area (Å²) in [5.74, 6) is 0. The maximum Gasteiger partial charge on any atom is 0.410 e. The molecular formula is C13H25NO3. The minimum absolute atomic E-state index is 0.117. The molecule has 0 aliphatic heterocycles. The second-order valence-corrected chi connectivity index (χ2v) is 5.69. The Kier molecular flexibility index (Phi) is 5.25. The van der Waals surface area contributed by atoms with E-state index in [-0.39, 0.29) is 12.7 Å². The van der Waals surface area contributed by atoms with Crippen LogP contribution < -0.4 is 0 Å². The molecule has 1 amide bonds. The molecule has 0 unspecified atom stereocenters. The molecule has 0 aromatic heterocycles. The maximum absolute atomic E-state index is 12.1. The Morgan fingerprint density at radius 2 is 1.94 bits per heavy atom. The average molecular weight is 243 g/mol. The molecule has 0 saturated heterocycles. The highest BCUT2D eigenvalue weighted by Gasteiger charge is 2.29. The highest BCUT2D eigenvalue weighted by atomic mass is 16.6. The number of carbonyl (C=O) groups is 1. The largest absolute Gasteiger partial charge is 0.444 e. The number of amides is 1. The molecule has 0 atom stereocenters. The van der Waals surface area contributed by atoms with Gasteiger partial charge in [-0.1, -0.05) is 12.8 Å². The van der Waals surface area contributed by atoms with Gasteiger partial charge in [-0.25, -0.2) is 4.79 Å². The van der Waals surface area contributed by atoms with Crippen molar-refractivity contribution < 1.29 is 14.6 Å². The van der Waals surface area contributed by atoms with Crippen molar-refractivity contribution >= 4 is 6.09 Å². The molecule has 1 saturated carbocycles. The van der Waals surface area contributed by atoms with Crippen LogP contribution in [0.5, 0.6) is 0 Å². The Labute approximate surface area is 104 Å². The van der Waals surface area contributed by atoms with Gasteiger partial charge in [-0.2, -0.15) is 0 Å². The SMILES string of the molecule is CC(C)(C)OC(=O)N(CCCO)C1CCCC1. The average Bonchev–Trinajstić information content (AvgIpc) is 2.68. The number of ether oxygens (including phenoxy) is 1. The van der Waals surface area contributed by atoms with E-state index < -0.39 is 5.60 Å². The lowest BCUT2D eigenvalue weighted by atomic mass is 10.2. The standard InChI is InChI=1S/C13H25NO3/c1-13(2,3)17-12(16)14(9-6-10-15)11-7-4-5-8-11/h11,15H,4-10H2,1-3H3. The van der Waals surface area contributed by atoms with Gasteiger partial charge in [0.25, 0.3) is 0 Å². The summed E-state index contributed by atoms with van der Waals surface area (Å²) in [6.07, 6.45) is 4.87. The molecule has 4 heteroatoms. The Morgan fingerprint density at radius 3 is 2.41 bits per heavy atom. The zero-order chi connectivity index (χ0) is 12.9. The normalized spacial score (nSPS) is 17.2. The van der Waals surface area contributed by atoms with Crippen LogP contribution in [0.3, 0.4) is 0 Å². The summed E-state index contributed by atoms with van der Waals surface area (Å²) < 4.78 is 5.41.